The molecule has 0 radical (unpaired) electrons. The third kappa shape index (κ3) is 4.53. The van der Waals surface area contributed by atoms with E-state index < -0.39 is 10.0 Å². The Morgan fingerprint density at radius 2 is 2.09 bits per heavy atom. The molecule has 0 atom stereocenters. The first-order valence-electron chi connectivity index (χ1n) is 7.11. The molecule has 2 rings (SSSR count). The average molecular weight is 340 g/mol. The third-order valence-electron chi connectivity index (χ3n) is 3.07. The topological polar surface area (TPSA) is 68.3 Å². The molecule has 0 amide bonds. The number of sulfonamides is 1. The summed E-state index contributed by atoms with van der Waals surface area (Å²) in [7, 11) is -1.52. The van der Waals surface area contributed by atoms with Crippen LogP contribution in [0.25, 0.3) is 10.6 Å². The van der Waals surface area contributed by atoms with Gasteiger partial charge in [-0.1, -0.05) is 19.1 Å². The standard InChI is InChI=1S/C15H20N2O3S2/c1-3-10-22(18,19)16-9-8-12-11-21-15(17-12)13-6-4-5-7-14(13)20-2/h4-7,11,16H,3,8-10H2,1-2H3. The Hall–Kier alpha value is -1.44. The Morgan fingerprint density at radius 3 is 2.82 bits per heavy atom. The van der Waals surface area contributed by atoms with Gasteiger partial charge in [-0.3, -0.25) is 0 Å². The van der Waals surface area contributed by atoms with Gasteiger partial charge in [0.25, 0.3) is 0 Å². The number of ether oxygens (including phenoxy) is 1. The number of hydrogen-bond donors (Lipinski definition) is 1. The molecule has 0 aliphatic heterocycles. The Bertz CT molecular complexity index is 711. The maximum atomic E-state index is 11.6. The van der Waals surface area contributed by atoms with E-state index in [4.69, 9.17) is 4.74 Å². The van der Waals surface area contributed by atoms with Crippen molar-refractivity contribution in [1.82, 2.24) is 9.71 Å². The second-order valence-electron chi connectivity index (χ2n) is 4.81. The smallest absolute Gasteiger partial charge is 0.211 e. The lowest BCUT2D eigenvalue weighted by molar-refractivity contribution is 0.416. The van der Waals surface area contributed by atoms with Gasteiger partial charge < -0.3 is 4.74 Å². The molecule has 120 valence electrons. The predicted molar refractivity (Wildman–Crippen MR) is 89.9 cm³/mol. The van der Waals surface area contributed by atoms with Crippen molar-refractivity contribution < 1.29 is 13.2 Å². The first kappa shape index (κ1) is 16.9. The molecule has 5 nitrogen and oxygen atoms in total. The van der Waals surface area contributed by atoms with Crippen molar-refractivity contribution in [2.24, 2.45) is 0 Å². The Balaban J connectivity index is 2.00. The van der Waals surface area contributed by atoms with E-state index in [0.29, 0.717) is 19.4 Å². The summed E-state index contributed by atoms with van der Waals surface area (Å²) >= 11 is 1.53. The van der Waals surface area contributed by atoms with Gasteiger partial charge in [-0.25, -0.2) is 18.1 Å². The molecule has 0 saturated carbocycles. The van der Waals surface area contributed by atoms with E-state index >= 15 is 0 Å². The normalized spacial score (nSPS) is 11.5. The zero-order valence-electron chi connectivity index (χ0n) is 12.7. The lowest BCUT2D eigenvalue weighted by atomic mass is 10.2. The van der Waals surface area contributed by atoms with Crippen molar-refractivity contribution in [3.05, 3.63) is 35.3 Å². The summed E-state index contributed by atoms with van der Waals surface area (Å²) in [6.07, 6.45) is 1.19. The summed E-state index contributed by atoms with van der Waals surface area (Å²) in [6, 6.07) is 7.72. The predicted octanol–water partition coefficient (Wildman–Crippen LogP) is 2.69. The van der Waals surface area contributed by atoms with E-state index in [0.717, 1.165) is 22.0 Å². The summed E-state index contributed by atoms with van der Waals surface area (Å²) in [5.41, 5.74) is 1.83. The van der Waals surface area contributed by atoms with Gasteiger partial charge in [-0.2, -0.15) is 0 Å². The number of nitrogens with zero attached hydrogens (tertiary/aromatic N) is 1. The van der Waals surface area contributed by atoms with Crippen molar-refractivity contribution in [3.8, 4) is 16.3 Å². The van der Waals surface area contributed by atoms with Crippen LogP contribution < -0.4 is 9.46 Å². The van der Waals surface area contributed by atoms with Crippen LogP contribution in [0.15, 0.2) is 29.6 Å². The van der Waals surface area contributed by atoms with Gasteiger partial charge in [-0.15, -0.1) is 11.3 Å². The Kier molecular flexibility index (Phi) is 5.93. The molecule has 2 aromatic rings. The van der Waals surface area contributed by atoms with Crippen molar-refractivity contribution in [2.75, 3.05) is 19.4 Å². The van der Waals surface area contributed by atoms with E-state index in [1.807, 2.05) is 36.6 Å². The maximum Gasteiger partial charge on any atom is 0.211 e. The zero-order valence-corrected chi connectivity index (χ0v) is 14.3. The second kappa shape index (κ2) is 7.71. The minimum Gasteiger partial charge on any atom is -0.496 e. The van der Waals surface area contributed by atoms with E-state index in [1.165, 1.54) is 11.3 Å². The molecule has 1 N–H and O–H groups in total. The van der Waals surface area contributed by atoms with E-state index in [1.54, 1.807) is 7.11 Å². The highest BCUT2D eigenvalue weighted by molar-refractivity contribution is 7.89. The first-order chi connectivity index (χ1) is 10.6. The maximum absolute atomic E-state index is 11.6. The van der Waals surface area contributed by atoms with Crippen LogP contribution in [0.3, 0.4) is 0 Å². The fourth-order valence-electron chi connectivity index (χ4n) is 2.04. The minimum atomic E-state index is -3.15. The number of thiazole rings is 1. The van der Waals surface area contributed by atoms with E-state index in [9.17, 15) is 8.42 Å². The monoisotopic (exact) mass is 340 g/mol. The molecule has 0 aliphatic rings. The second-order valence-corrected chi connectivity index (χ2v) is 7.59. The fraction of sp³-hybridized carbons (Fsp3) is 0.400. The van der Waals surface area contributed by atoms with Crippen LogP contribution in [0.2, 0.25) is 0 Å². The number of aromatic nitrogens is 1. The number of rotatable bonds is 8. The van der Waals surface area contributed by atoms with E-state index in [2.05, 4.69) is 9.71 Å². The average Bonchev–Trinajstić information content (AvgIpc) is 2.95. The summed E-state index contributed by atoms with van der Waals surface area (Å²) in [5, 5.41) is 2.83. The minimum absolute atomic E-state index is 0.163. The summed E-state index contributed by atoms with van der Waals surface area (Å²) < 4.78 is 31.1. The van der Waals surface area contributed by atoms with Crippen molar-refractivity contribution in [3.63, 3.8) is 0 Å². The Morgan fingerprint density at radius 1 is 1.32 bits per heavy atom. The van der Waals surface area contributed by atoms with Gasteiger partial charge in [0.15, 0.2) is 0 Å². The largest absolute Gasteiger partial charge is 0.496 e. The summed E-state index contributed by atoms with van der Waals surface area (Å²) in [5.74, 6) is 0.948. The van der Waals surface area contributed by atoms with Gasteiger partial charge in [0, 0.05) is 18.3 Å². The number of para-hydroxylation sites is 1. The summed E-state index contributed by atoms with van der Waals surface area (Å²) in [4.78, 5) is 4.56. The van der Waals surface area contributed by atoms with Gasteiger partial charge >= 0.3 is 0 Å². The Labute approximate surface area is 135 Å². The molecule has 22 heavy (non-hydrogen) atoms. The summed E-state index contributed by atoms with van der Waals surface area (Å²) in [6.45, 7) is 2.22. The van der Waals surface area contributed by atoms with Gasteiger partial charge in [0.2, 0.25) is 10.0 Å². The first-order valence-corrected chi connectivity index (χ1v) is 9.64. The third-order valence-corrected chi connectivity index (χ3v) is 5.58. The highest BCUT2D eigenvalue weighted by Gasteiger charge is 2.11. The van der Waals surface area contributed by atoms with Crippen LogP contribution >= 0.6 is 11.3 Å². The molecule has 1 heterocycles. The molecule has 1 aromatic heterocycles. The fourth-order valence-corrected chi connectivity index (χ4v) is 4.02. The lowest BCUT2D eigenvalue weighted by Crippen LogP contribution is -2.28. The number of hydrogen-bond acceptors (Lipinski definition) is 5. The van der Waals surface area contributed by atoms with Crippen molar-refractivity contribution >= 4 is 21.4 Å². The molecule has 0 spiro atoms. The highest BCUT2D eigenvalue weighted by Crippen LogP contribution is 2.31. The molecule has 0 bridgehead atoms. The van der Waals surface area contributed by atoms with Crippen LogP contribution in [0.4, 0.5) is 0 Å². The van der Waals surface area contributed by atoms with Crippen molar-refractivity contribution in [1.29, 1.82) is 0 Å². The molecule has 0 unspecified atom stereocenters. The molecular formula is C15H20N2O3S2. The molecule has 0 fully saturated rings. The van der Waals surface area contributed by atoms with Crippen LogP contribution in [-0.2, 0) is 16.4 Å². The number of nitrogens with one attached hydrogen (secondary N) is 1. The highest BCUT2D eigenvalue weighted by atomic mass is 32.2. The molecular weight excluding hydrogens is 320 g/mol. The van der Waals surface area contributed by atoms with E-state index in [-0.39, 0.29) is 5.75 Å². The molecule has 0 aliphatic carbocycles. The number of benzene rings is 1. The van der Waals surface area contributed by atoms with Crippen LogP contribution in [0.5, 0.6) is 5.75 Å². The molecule has 7 heteroatoms. The van der Waals surface area contributed by atoms with Gasteiger partial charge in [0.1, 0.15) is 10.8 Å². The SMILES string of the molecule is CCCS(=O)(=O)NCCc1csc(-c2ccccc2OC)n1. The van der Waals surface area contributed by atoms with Crippen molar-refractivity contribution in [2.45, 2.75) is 19.8 Å². The van der Waals surface area contributed by atoms with Gasteiger partial charge in [0.05, 0.1) is 24.1 Å². The van der Waals surface area contributed by atoms with Crippen LogP contribution in [0.1, 0.15) is 19.0 Å². The van der Waals surface area contributed by atoms with Crippen LogP contribution in [0, 0.1) is 0 Å². The molecule has 0 saturated heterocycles. The number of methoxy groups -OCH3 is 1. The lowest BCUT2D eigenvalue weighted by Gasteiger charge is -2.05. The van der Waals surface area contributed by atoms with Crippen LogP contribution in [-0.4, -0.2) is 32.8 Å². The molecule has 1 aromatic carbocycles. The van der Waals surface area contributed by atoms with Gasteiger partial charge in [-0.05, 0) is 18.6 Å². The zero-order chi connectivity index (χ0) is 16.0. The quantitative estimate of drug-likeness (QED) is 0.802.